The molecule has 0 unspecified atom stereocenters. The molecule has 0 amide bonds. The number of nitrogens with one attached hydrogen (secondary N) is 1. The van der Waals surface area contributed by atoms with Gasteiger partial charge in [-0.05, 0) is 12.8 Å². The highest BCUT2D eigenvalue weighted by atomic mass is 16.1. The molecule has 0 atom stereocenters. The fraction of sp³-hybridized carbons (Fsp3) is 0.333. The molecule has 1 aromatic heterocycles. The number of fused-ring (bicyclic) bond motifs is 3. The van der Waals surface area contributed by atoms with Gasteiger partial charge in [-0.1, -0.05) is 37.1 Å². The first-order valence-corrected chi connectivity index (χ1v) is 6.58. The quantitative estimate of drug-likeness (QED) is 0.707. The Kier molecular flexibility index (Phi) is 1.98. The molecule has 0 spiro atoms. The molecule has 0 radical (unpaired) electrons. The first kappa shape index (κ1) is 10.1. The molecular weight excluding hydrogens is 224 g/mol. The van der Waals surface area contributed by atoms with Crippen LogP contribution in [0, 0.1) is 0 Å². The molecule has 2 aliphatic carbocycles. The van der Waals surface area contributed by atoms with Gasteiger partial charge in [0, 0.05) is 17.0 Å². The van der Waals surface area contributed by atoms with E-state index in [1.165, 1.54) is 25.7 Å². The molecule has 3 nitrogen and oxygen atoms in total. The van der Waals surface area contributed by atoms with Crippen molar-refractivity contribution in [1.82, 2.24) is 10.2 Å². The maximum atomic E-state index is 12.5. The zero-order chi connectivity index (χ0) is 12.1. The predicted molar refractivity (Wildman–Crippen MR) is 68.7 cm³/mol. The van der Waals surface area contributed by atoms with Crippen LogP contribution in [0.1, 0.15) is 53.2 Å². The van der Waals surface area contributed by atoms with E-state index in [2.05, 4.69) is 10.2 Å². The lowest BCUT2D eigenvalue weighted by atomic mass is 9.98. The molecule has 0 aliphatic heterocycles. The number of hydrogen-bond donors (Lipinski definition) is 1. The molecule has 2 aliphatic rings. The Morgan fingerprint density at radius 1 is 1.11 bits per heavy atom. The number of rotatable bonds is 1. The summed E-state index contributed by atoms with van der Waals surface area (Å²) in [4.78, 5) is 12.5. The minimum absolute atomic E-state index is 0.149. The van der Waals surface area contributed by atoms with Crippen molar-refractivity contribution in [2.45, 2.75) is 31.6 Å². The van der Waals surface area contributed by atoms with E-state index in [9.17, 15) is 4.79 Å². The average Bonchev–Trinajstić information content (AvgIpc) is 3.09. The normalized spacial score (nSPS) is 18.1. The van der Waals surface area contributed by atoms with Crippen molar-refractivity contribution < 1.29 is 4.79 Å². The van der Waals surface area contributed by atoms with Crippen molar-refractivity contribution in [1.29, 1.82) is 0 Å². The molecule has 18 heavy (non-hydrogen) atoms. The Hall–Kier alpha value is -1.90. The van der Waals surface area contributed by atoms with Crippen molar-refractivity contribution in [2.24, 2.45) is 0 Å². The second-order valence-corrected chi connectivity index (χ2v) is 5.22. The molecule has 1 aromatic carbocycles. The fourth-order valence-electron chi connectivity index (χ4n) is 3.31. The third kappa shape index (κ3) is 1.19. The molecule has 1 N–H and O–H groups in total. The van der Waals surface area contributed by atoms with Crippen molar-refractivity contribution >= 4 is 5.78 Å². The van der Waals surface area contributed by atoms with E-state index in [0.29, 0.717) is 5.92 Å². The van der Waals surface area contributed by atoms with Crippen LogP contribution in [0.3, 0.4) is 0 Å². The molecule has 4 rings (SSSR count). The van der Waals surface area contributed by atoms with Crippen LogP contribution in [0.15, 0.2) is 24.3 Å². The van der Waals surface area contributed by atoms with E-state index < -0.39 is 0 Å². The van der Waals surface area contributed by atoms with Crippen LogP contribution < -0.4 is 0 Å². The van der Waals surface area contributed by atoms with Gasteiger partial charge in [0.15, 0.2) is 5.78 Å². The second-order valence-electron chi connectivity index (χ2n) is 5.22. The van der Waals surface area contributed by atoms with E-state index in [1.807, 2.05) is 24.3 Å². The lowest BCUT2D eigenvalue weighted by Crippen LogP contribution is -2.03. The van der Waals surface area contributed by atoms with Crippen LogP contribution in [-0.2, 0) is 0 Å². The SMILES string of the molecule is O=C1c2ccccc2-c2n[nH]c(C3CCCC3)c21. The number of benzene rings is 1. The summed E-state index contributed by atoms with van der Waals surface area (Å²) < 4.78 is 0. The Bertz CT molecular complexity index is 636. The summed E-state index contributed by atoms with van der Waals surface area (Å²) in [6.45, 7) is 0. The number of aromatic nitrogens is 2. The summed E-state index contributed by atoms with van der Waals surface area (Å²) in [6.07, 6.45) is 4.88. The monoisotopic (exact) mass is 238 g/mol. The molecule has 0 bridgehead atoms. The predicted octanol–water partition coefficient (Wildman–Crippen LogP) is 3.28. The number of carbonyl (C=O) groups excluding carboxylic acids is 1. The van der Waals surface area contributed by atoms with Gasteiger partial charge in [-0.3, -0.25) is 9.89 Å². The summed E-state index contributed by atoms with van der Waals surface area (Å²) in [6, 6.07) is 7.77. The highest BCUT2D eigenvalue weighted by molar-refractivity contribution is 6.21. The van der Waals surface area contributed by atoms with Crippen molar-refractivity contribution in [2.75, 3.05) is 0 Å². The maximum Gasteiger partial charge on any atom is 0.197 e. The number of H-pyrrole nitrogens is 1. The van der Waals surface area contributed by atoms with Gasteiger partial charge < -0.3 is 0 Å². The number of aromatic amines is 1. The summed E-state index contributed by atoms with van der Waals surface area (Å²) >= 11 is 0. The second kappa shape index (κ2) is 3.55. The van der Waals surface area contributed by atoms with Gasteiger partial charge in [0.25, 0.3) is 0 Å². The van der Waals surface area contributed by atoms with Gasteiger partial charge >= 0.3 is 0 Å². The summed E-state index contributed by atoms with van der Waals surface area (Å²) in [5, 5.41) is 7.51. The number of carbonyl (C=O) groups is 1. The largest absolute Gasteiger partial charge is 0.288 e. The van der Waals surface area contributed by atoms with Gasteiger partial charge in [0.1, 0.15) is 5.69 Å². The summed E-state index contributed by atoms with van der Waals surface area (Å²) in [5.41, 5.74) is 4.56. The Labute approximate surface area is 105 Å². The Morgan fingerprint density at radius 2 is 1.83 bits per heavy atom. The van der Waals surface area contributed by atoms with E-state index >= 15 is 0 Å². The van der Waals surface area contributed by atoms with Crippen LogP contribution in [0.25, 0.3) is 11.3 Å². The number of nitrogens with zero attached hydrogens (tertiary/aromatic N) is 1. The smallest absolute Gasteiger partial charge is 0.197 e. The summed E-state index contributed by atoms with van der Waals surface area (Å²) in [7, 11) is 0. The Balaban J connectivity index is 1.90. The molecule has 2 aromatic rings. The van der Waals surface area contributed by atoms with E-state index in [4.69, 9.17) is 0 Å². The third-order valence-corrected chi connectivity index (χ3v) is 4.21. The highest BCUT2D eigenvalue weighted by Crippen LogP contribution is 2.42. The highest BCUT2D eigenvalue weighted by Gasteiger charge is 2.34. The summed E-state index contributed by atoms with van der Waals surface area (Å²) in [5.74, 6) is 0.649. The molecule has 1 saturated carbocycles. The maximum absolute atomic E-state index is 12.5. The van der Waals surface area contributed by atoms with Crippen molar-refractivity contribution in [3.63, 3.8) is 0 Å². The van der Waals surface area contributed by atoms with Gasteiger partial charge in [-0.25, -0.2) is 0 Å². The van der Waals surface area contributed by atoms with Crippen molar-refractivity contribution in [3.05, 3.63) is 41.1 Å². The lowest BCUT2D eigenvalue weighted by molar-refractivity contribution is 0.104. The minimum atomic E-state index is 0.149. The standard InChI is InChI=1S/C15H14N2O/c18-15-11-8-4-3-7-10(11)14-12(15)13(16-17-14)9-5-1-2-6-9/h3-4,7-9H,1-2,5-6H2,(H,16,17). The van der Waals surface area contributed by atoms with Gasteiger partial charge in [0.05, 0.1) is 11.3 Å². The number of ketones is 1. The van der Waals surface area contributed by atoms with Gasteiger partial charge in [-0.2, -0.15) is 5.10 Å². The van der Waals surface area contributed by atoms with E-state index in [-0.39, 0.29) is 5.78 Å². The molecule has 0 saturated heterocycles. The van der Waals surface area contributed by atoms with Gasteiger partial charge in [0.2, 0.25) is 0 Å². The first-order valence-electron chi connectivity index (χ1n) is 6.58. The fourth-order valence-corrected chi connectivity index (χ4v) is 3.31. The molecular formula is C15H14N2O. The van der Waals surface area contributed by atoms with Crippen LogP contribution >= 0.6 is 0 Å². The molecule has 1 heterocycles. The number of hydrogen-bond acceptors (Lipinski definition) is 2. The minimum Gasteiger partial charge on any atom is -0.288 e. The van der Waals surface area contributed by atoms with Gasteiger partial charge in [-0.15, -0.1) is 0 Å². The molecule has 3 heteroatoms. The average molecular weight is 238 g/mol. The molecule has 90 valence electrons. The molecule has 1 fully saturated rings. The van der Waals surface area contributed by atoms with Crippen LogP contribution in [0.2, 0.25) is 0 Å². The van der Waals surface area contributed by atoms with Crippen LogP contribution in [0.4, 0.5) is 0 Å². The topological polar surface area (TPSA) is 45.8 Å². The van der Waals surface area contributed by atoms with E-state index in [1.54, 1.807) is 0 Å². The van der Waals surface area contributed by atoms with Crippen molar-refractivity contribution in [3.8, 4) is 11.3 Å². The zero-order valence-corrected chi connectivity index (χ0v) is 10.1. The zero-order valence-electron chi connectivity index (χ0n) is 10.1. The third-order valence-electron chi connectivity index (χ3n) is 4.21. The lowest BCUT2D eigenvalue weighted by Gasteiger charge is -2.07. The Morgan fingerprint density at radius 3 is 2.61 bits per heavy atom. The van der Waals surface area contributed by atoms with E-state index in [0.717, 1.165) is 28.1 Å². The first-order chi connectivity index (χ1) is 8.86. The van der Waals surface area contributed by atoms with Crippen LogP contribution in [-0.4, -0.2) is 16.0 Å². The van der Waals surface area contributed by atoms with Crippen LogP contribution in [0.5, 0.6) is 0 Å².